The summed E-state index contributed by atoms with van der Waals surface area (Å²) in [5.41, 5.74) is 0. The molecule has 2 heteroatoms. The van der Waals surface area contributed by atoms with Gasteiger partial charge in [-0.1, -0.05) is 13.8 Å². The summed E-state index contributed by atoms with van der Waals surface area (Å²) in [4.78, 5) is 0. The van der Waals surface area contributed by atoms with Gasteiger partial charge in [-0.2, -0.15) is 0 Å². The zero-order chi connectivity index (χ0) is 6.50. The number of rotatable bonds is 0. The lowest BCUT2D eigenvalue weighted by molar-refractivity contribution is -0.747. The maximum Gasteiger partial charge on any atom is 0.164 e. The van der Waals surface area contributed by atoms with Gasteiger partial charge in [-0.15, -0.1) is 0 Å². The molecule has 0 rings (SSSR count). The molecule has 0 atom stereocenters. The third-order valence-electron chi connectivity index (χ3n) is 0. The summed E-state index contributed by atoms with van der Waals surface area (Å²) in [7, 11) is 5.67. The van der Waals surface area contributed by atoms with Gasteiger partial charge in [-0.05, 0) is 0 Å². The lowest BCUT2D eigenvalue weighted by Gasteiger charge is -2.07. The minimum absolute atomic E-state index is 0.472. The molecule has 0 N–H and O–H groups in total. The molecule has 0 bridgehead atoms. The van der Waals surface area contributed by atoms with Gasteiger partial charge in [0.15, 0.2) is 11.8 Å². The van der Waals surface area contributed by atoms with Gasteiger partial charge in [0.1, 0.15) is 0 Å². The molecule has 1 nitrogen and oxygen atoms in total. The van der Waals surface area contributed by atoms with E-state index in [0.29, 0.717) is 4.00 Å². The second-order valence-corrected chi connectivity index (χ2v) is 2.86. The molecule has 0 aliphatic heterocycles. The van der Waals surface area contributed by atoms with Crippen molar-refractivity contribution in [1.29, 1.82) is 0 Å². The predicted molar refractivity (Wildman–Crippen MR) is 34.9 cm³/mol. The van der Waals surface area contributed by atoms with Crippen molar-refractivity contribution in [1.82, 2.24) is 0 Å². The van der Waals surface area contributed by atoms with E-state index in [1.165, 1.54) is 0 Å². The van der Waals surface area contributed by atoms with Gasteiger partial charge < -0.3 is 0 Å². The number of nitrogens with zero attached hydrogens (tertiary/aromatic N) is 1. The highest BCUT2D eigenvalue weighted by Crippen LogP contribution is 1.91. The fraction of sp³-hybridized carbons (Fsp3) is 0.800. The average molecular weight is 124 g/mol. The predicted octanol–water partition coefficient (Wildman–Crippen LogP) is 1.69. The Labute approximate surface area is 51.6 Å². The molecule has 0 spiro atoms. The number of hydrogen-bond acceptors (Lipinski definition) is 0. The van der Waals surface area contributed by atoms with Crippen LogP contribution in [-0.2, 0) is 0 Å². The second-order valence-electron chi connectivity index (χ2n) is 1.85. The third kappa shape index (κ3) is 1810. The van der Waals surface area contributed by atoms with Crippen molar-refractivity contribution >= 4 is 11.8 Å². The SMILES string of the molecule is C[N+](C)(C)Cl.[CH2]C. The molecule has 45 valence electrons. The highest BCUT2D eigenvalue weighted by atomic mass is 35.5. The van der Waals surface area contributed by atoms with E-state index in [4.69, 9.17) is 11.8 Å². The minimum atomic E-state index is 0.472. The first-order valence-corrected chi connectivity index (χ1v) is 2.56. The molecular weight excluding hydrogens is 110 g/mol. The second kappa shape index (κ2) is 4.41. The van der Waals surface area contributed by atoms with E-state index >= 15 is 0 Å². The highest BCUT2D eigenvalue weighted by molar-refractivity contribution is 6.06. The van der Waals surface area contributed by atoms with Crippen LogP contribution >= 0.6 is 11.8 Å². The zero-order valence-corrected chi connectivity index (χ0v) is 6.29. The summed E-state index contributed by atoms with van der Waals surface area (Å²) in [5, 5.41) is 0. The Kier molecular flexibility index (Phi) is 6.47. The van der Waals surface area contributed by atoms with E-state index in [0.717, 1.165) is 0 Å². The van der Waals surface area contributed by atoms with Crippen molar-refractivity contribution in [2.75, 3.05) is 21.1 Å². The van der Waals surface area contributed by atoms with Crippen molar-refractivity contribution in [3.05, 3.63) is 6.92 Å². The first-order chi connectivity index (χ1) is 3.00. The molecule has 1 radical (unpaired) electrons. The van der Waals surface area contributed by atoms with E-state index in [9.17, 15) is 0 Å². The van der Waals surface area contributed by atoms with Crippen LogP contribution < -0.4 is 0 Å². The van der Waals surface area contributed by atoms with Gasteiger partial charge in [-0.25, -0.2) is 4.00 Å². The summed E-state index contributed by atoms with van der Waals surface area (Å²) < 4.78 is 0.472. The Morgan fingerprint density at radius 3 is 1.14 bits per heavy atom. The number of hydrogen-bond donors (Lipinski definition) is 0. The smallest absolute Gasteiger partial charge is 0.164 e. The molecule has 0 aliphatic carbocycles. The van der Waals surface area contributed by atoms with Gasteiger partial charge in [-0.3, -0.25) is 0 Å². The summed E-state index contributed by atoms with van der Waals surface area (Å²) in [6.45, 7) is 5.00. The number of halogens is 1. The van der Waals surface area contributed by atoms with Crippen LogP contribution in [0.25, 0.3) is 0 Å². The maximum absolute atomic E-state index is 5.47. The first-order valence-electron chi connectivity index (χ1n) is 2.22. The minimum Gasteiger partial charge on any atom is -0.229 e. The van der Waals surface area contributed by atoms with Crippen LogP contribution in [0.5, 0.6) is 0 Å². The van der Waals surface area contributed by atoms with E-state index in [1.807, 2.05) is 21.1 Å². The molecule has 0 saturated carbocycles. The molecule has 0 aromatic heterocycles. The largest absolute Gasteiger partial charge is 0.229 e. The molecule has 0 amide bonds. The molecule has 0 saturated heterocycles. The summed E-state index contributed by atoms with van der Waals surface area (Å²) in [6, 6.07) is 0. The van der Waals surface area contributed by atoms with Crippen molar-refractivity contribution < 1.29 is 4.00 Å². The van der Waals surface area contributed by atoms with Crippen molar-refractivity contribution in [3.8, 4) is 0 Å². The molecule has 0 fully saturated rings. The Morgan fingerprint density at radius 2 is 1.14 bits per heavy atom. The monoisotopic (exact) mass is 123 g/mol. The quantitative estimate of drug-likeness (QED) is 0.430. The van der Waals surface area contributed by atoms with Crippen LogP contribution in [0, 0.1) is 6.92 Å². The van der Waals surface area contributed by atoms with Gasteiger partial charge >= 0.3 is 0 Å². The van der Waals surface area contributed by atoms with Crippen molar-refractivity contribution in [3.63, 3.8) is 0 Å². The topological polar surface area (TPSA) is 0 Å². The summed E-state index contributed by atoms with van der Waals surface area (Å²) in [6.07, 6.45) is 0. The Bertz CT molecular complexity index is 23.6. The van der Waals surface area contributed by atoms with Crippen LogP contribution in [0.3, 0.4) is 0 Å². The van der Waals surface area contributed by atoms with Crippen LogP contribution in [0.4, 0.5) is 0 Å². The maximum atomic E-state index is 5.47. The van der Waals surface area contributed by atoms with Crippen LogP contribution in [-0.4, -0.2) is 25.1 Å². The summed E-state index contributed by atoms with van der Waals surface area (Å²) >= 11 is 5.47. The fourth-order valence-corrected chi connectivity index (χ4v) is 0. The molecule has 0 heterocycles. The molecule has 0 aliphatic rings. The molecular formula is C5H14ClN+. The molecule has 7 heavy (non-hydrogen) atoms. The van der Waals surface area contributed by atoms with Gasteiger partial charge in [0.05, 0.1) is 21.1 Å². The normalized spacial score (nSPS) is 9.43. The highest BCUT2D eigenvalue weighted by Gasteiger charge is 1.95. The molecule has 0 aromatic rings. The molecule has 0 unspecified atom stereocenters. The average Bonchev–Trinajstić information content (AvgIpc) is 1.36. The molecule has 0 aromatic carbocycles. The van der Waals surface area contributed by atoms with Crippen LogP contribution in [0.2, 0.25) is 0 Å². The number of quaternary nitrogens is 1. The van der Waals surface area contributed by atoms with E-state index < -0.39 is 0 Å². The lowest BCUT2D eigenvalue weighted by atomic mass is 11.0. The van der Waals surface area contributed by atoms with E-state index in [2.05, 4.69) is 6.92 Å². The standard InChI is InChI=1S/C3H9ClN.C2H5/c1-5(2,3)4;1-2/h1-3H3;1H2,2H3/q+1;. The van der Waals surface area contributed by atoms with Gasteiger partial charge in [0.25, 0.3) is 0 Å². The first kappa shape index (κ1) is 10.3. The Hall–Kier alpha value is 0.250. The zero-order valence-electron chi connectivity index (χ0n) is 5.53. The lowest BCUT2D eigenvalue weighted by Crippen LogP contribution is -2.19. The van der Waals surface area contributed by atoms with E-state index in [1.54, 1.807) is 6.92 Å². The van der Waals surface area contributed by atoms with Gasteiger partial charge in [0.2, 0.25) is 0 Å². The van der Waals surface area contributed by atoms with E-state index in [-0.39, 0.29) is 0 Å². The van der Waals surface area contributed by atoms with Crippen LogP contribution in [0.15, 0.2) is 0 Å². The summed E-state index contributed by atoms with van der Waals surface area (Å²) in [5.74, 6) is 0. The third-order valence-corrected chi connectivity index (χ3v) is 0. The Morgan fingerprint density at radius 1 is 1.14 bits per heavy atom. The Balaban J connectivity index is 0. The van der Waals surface area contributed by atoms with Crippen molar-refractivity contribution in [2.24, 2.45) is 0 Å². The fourth-order valence-electron chi connectivity index (χ4n) is 0. The van der Waals surface area contributed by atoms with Crippen LogP contribution in [0.1, 0.15) is 6.92 Å². The van der Waals surface area contributed by atoms with Gasteiger partial charge in [0, 0.05) is 0 Å². The van der Waals surface area contributed by atoms with Crippen molar-refractivity contribution in [2.45, 2.75) is 6.92 Å².